The van der Waals surface area contributed by atoms with Gasteiger partial charge in [0.05, 0.1) is 17.1 Å². The van der Waals surface area contributed by atoms with Gasteiger partial charge < -0.3 is 14.5 Å². The van der Waals surface area contributed by atoms with Crippen molar-refractivity contribution in [1.82, 2.24) is 4.90 Å². The number of nitrogens with zero attached hydrogens (tertiary/aromatic N) is 3. The number of ether oxygens (including phenoxy) is 1. The first-order valence-corrected chi connectivity index (χ1v) is 12.1. The highest BCUT2D eigenvalue weighted by Gasteiger charge is 2.26. The number of hydrogen-bond donors (Lipinski definition) is 1. The molecule has 10 heteroatoms. The summed E-state index contributed by atoms with van der Waals surface area (Å²) in [6, 6.07) is 10.5. The lowest BCUT2D eigenvalue weighted by Crippen LogP contribution is -2.49. The summed E-state index contributed by atoms with van der Waals surface area (Å²) >= 11 is 0. The van der Waals surface area contributed by atoms with Crippen molar-refractivity contribution < 1.29 is 22.3 Å². The van der Waals surface area contributed by atoms with Crippen molar-refractivity contribution >= 4 is 21.6 Å². The van der Waals surface area contributed by atoms with Gasteiger partial charge in [-0.2, -0.15) is 5.26 Å². The highest BCUT2D eigenvalue weighted by Crippen LogP contribution is 2.23. The van der Waals surface area contributed by atoms with Crippen LogP contribution < -0.4 is 10.0 Å². The number of nitrogens with two attached hydrogens (primary N) is 1. The highest BCUT2D eigenvalue weighted by molar-refractivity contribution is 7.89. The molecule has 1 fully saturated rings. The fourth-order valence-electron chi connectivity index (χ4n) is 3.59. The molecule has 0 aromatic heterocycles. The summed E-state index contributed by atoms with van der Waals surface area (Å²) in [5.74, 6) is -0.582. The molecule has 1 aliphatic rings. The van der Waals surface area contributed by atoms with Crippen molar-refractivity contribution in [1.29, 1.82) is 5.26 Å². The fourth-order valence-corrected chi connectivity index (χ4v) is 4.13. The number of benzene rings is 2. The van der Waals surface area contributed by atoms with Gasteiger partial charge in [-0.05, 0) is 41.8 Å². The molecule has 1 amide bonds. The van der Waals surface area contributed by atoms with Crippen LogP contribution in [0.25, 0.3) is 0 Å². The second kappa shape index (κ2) is 10.3. The van der Waals surface area contributed by atoms with Crippen molar-refractivity contribution in [3.05, 3.63) is 58.9 Å². The SMILES string of the molecule is CC(C)COCc1ccc(S(N)(=O)=O)cc1C(=O)N1CCN(c2ccc(C#N)c(F)c2)CC1. The number of sulfonamides is 1. The zero-order valence-electron chi connectivity index (χ0n) is 18.6. The van der Waals surface area contributed by atoms with E-state index in [0.29, 0.717) is 50.0 Å². The van der Waals surface area contributed by atoms with Gasteiger partial charge in [-0.15, -0.1) is 0 Å². The van der Waals surface area contributed by atoms with E-state index >= 15 is 0 Å². The largest absolute Gasteiger partial charge is 0.376 e. The Balaban J connectivity index is 1.77. The van der Waals surface area contributed by atoms with Gasteiger partial charge in [0, 0.05) is 44.0 Å². The number of piperazine rings is 1. The van der Waals surface area contributed by atoms with Gasteiger partial charge in [0.15, 0.2) is 0 Å². The molecule has 2 aromatic rings. The van der Waals surface area contributed by atoms with Crippen LogP contribution in [-0.2, 0) is 21.4 Å². The maximum Gasteiger partial charge on any atom is 0.254 e. The zero-order valence-corrected chi connectivity index (χ0v) is 19.4. The molecule has 8 nitrogen and oxygen atoms in total. The van der Waals surface area contributed by atoms with Crippen molar-refractivity contribution in [2.75, 3.05) is 37.7 Å². The summed E-state index contributed by atoms with van der Waals surface area (Å²) in [6.07, 6.45) is 0. The number of hydrogen-bond acceptors (Lipinski definition) is 6. The molecular formula is C23H27FN4O4S. The molecule has 2 N–H and O–H groups in total. The number of amides is 1. The monoisotopic (exact) mass is 474 g/mol. The second-order valence-corrected chi connectivity index (χ2v) is 9.89. The first-order valence-electron chi connectivity index (χ1n) is 10.6. The molecule has 0 atom stereocenters. The Bertz CT molecular complexity index is 1170. The van der Waals surface area contributed by atoms with E-state index in [1.165, 1.54) is 24.3 Å². The van der Waals surface area contributed by atoms with Gasteiger partial charge in [-0.25, -0.2) is 17.9 Å². The van der Waals surface area contributed by atoms with E-state index in [2.05, 4.69) is 0 Å². The predicted molar refractivity (Wildman–Crippen MR) is 122 cm³/mol. The van der Waals surface area contributed by atoms with Crippen molar-refractivity contribution in [2.24, 2.45) is 11.1 Å². The van der Waals surface area contributed by atoms with E-state index in [4.69, 9.17) is 15.1 Å². The second-order valence-electron chi connectivity index (χ2n) is 8.33. The minimum atomic E-state index is -3.97. The van der Waals surface area contributed by atoms with E-state index in [1.807, 2.05) is 18.7 Å². The summed E-state index contributed by atoms with van der Waals surface area (Å²) in [6.45, 7) is 6.36. The normalized spacial score (nSPS) is 14.4. The number of carbonyl (C=O) groups excluding carboxylic acids is 1. The Morgan fingerprint density at radius 2 is 1.88 bits per heavy atom. The molecule has 0 unspecified atom stereocenters. The van der Waals surface area contributed by atoms with E-state index < -0.39 is 15.8 Å². The van der Waals surface area contributed by atoms with E-state index in [0.717, 1.165) is 0 Å². The first-order chi connectivity index (χ1) is 15.6. The summed E-state index contributed by atoms with van der Waals surface area (Å²) in [5, 5.41) is 14.2. The fraction of sp³-hybridized carbons (Fsp3) is 0.391. The average Bonchev–Trinajstić information content (AvgIpc) is 2.78. The maximum absolute atomic E-state index is 14.0. The van der Waals surface area contributed by atoms with Crippen LogP contribution in [-0.4, -0.2) is 52.0 Å². The van der Waals surface area contributed by atoms with Gasteiger partial charge in [0.2, 0.25) is 10.0 Å². The van der Waals surface area contributed by atoms with Gasteiger partial charge in [-0.3, -0.25) is 4.79 Å². The molecule has 0 bridgehead atoms. The van der Waals surface area contributed by atoms with Crippen molar-refractivity contribution in [3.63, 3.8) is 0 Å². The lowest BCUT2D eigenvalue weighted by atomic mass is 10.1. The molecule has 1 heterocycles. The summed E-state index contributed by atoms with van der Waals surface area (Å²) in [4.78, 5) is 16.7. The van der Waals surface area contributed by atoms with Crippen LogP contribution in [0, 0.1) is 23.1 Å². The lowest BCUT2D eigenvalue weighted by Gasteiger charge is -2.36. The summed E-state index contributed by atoms with van der Waals surface area (Å²) in [5.41, 5.74) is 1.44. The quantitative estimate of drug-likeness (QED) is 0.659. The molecular weight excluding hydrogens is 447 g/mol. The lowest BCUT2D eigenvalue weighted by molar-refractivity contribution is 0.0729. The molecule has 0 aliphatic carbocycles. The molecule has 33 heavy (non-hydrogen) atoms. The Morgan fingerprint density at radius 3 is 2.45 bits per heavy atom. The van der Waals surface area contributed by atoms with Gasteiger partial charge in [0.25, 0.3) is 5.91 Å². The molecule has 3 rings (SSSR count). The summed E-state index contributed by atoms with van der Waals surface area (Å²) < 4.78 is 43.3. The Morgan fingerprint density at radius 1 is 1.18 bits per heavy atom. The van der Waals surface area contributed by atoms with Crippen molar-refractivity contribution in [3.8, 4) is 6.07 Å². The third-order valence-electron chi connectivity index (χ3n) is 5.35. The van der Waals surface area contributed by atoms with Gasteiger partial charge >= 0.3 is 0 Å². The number of rotatable bonds is 7. The van der Waals surface area contributed by atoms with Crippen LogP contribution >= 0.6 is 0 Å². The highest BCUT2D eigenvalue weighted by atomic mass is 32.2. The Hall–Kier alpha value is -3.00. The van der Waals surface area contributed by atoms with Crippen LogP contribution in [0.4, 0.5) is 10.1 Å². The topological polar surface area (TPSA) is 117 Å². The summed E-state index contributed by atoms with van der Waals surface area (Å²) in [7, 11) is -3.97. The van der Waals surface area contributed by atoms with Crippen LogP contribution in [0.15, 0.2) is 41.3 Å². The van der Waals surface area contributed by atoms with Crippen LogP contribution in [0.2, 0.25) is 0 Å². The number of anilines is 1. The van der Waals surface area contributed by atoms with E-state index in [9.17, 15) is 17.6 Å². The molecule has 1 saturated heterocycles. The number of halogens is 1. The molecule has 0 radical (unpaired) electrons. The third-order valence-corrected chi connectivity index (χ3v) is 6.27. The minimum absolute atomic E-state index is 0.0190. The molecule has 0 spiro atoms. The van der Waals surface area contributed by atoms with E-state index in [-0.39, 0.29) is 28.5 Å². The number of carbonyl (C=O) groups is 1. The first kappa shape index (κ1) is 24.6. The Labute approximate surface area is 193 Å². The van der Waals surface area contributed by atoms with Gasteiger partial charge in [-0.1, -0.05) is 19.9 Å². The van der Waals surface area contributed by atoms with Crippen LogP contribution in [0.1, 0.15) is 35.3 Å². The minimum Gasteiger partial charge on any atom is -0.376 e. The number of nitriles is 1. The predicted octanol–water partition coefficient (Wildman–Crippen LogP) is 2.48. The van der Waals surface area contributed by atoms with Crippen LogP contribution in [0.3, 0.4) is 0 Å². The van der Waals surface area contributed by atoms with E-state index in [1.54, 1.807) is 23.1 Å². The molecule has 176 valence electrons. The maximum atomic E-state index is 14.0. The Kier molecular flexibility index (Phi) is 7.68. The van der Waals surface area contributed by atoms with Crippen molar-refractivity contribution in [2.45, 2.75) is 25.3 Å². The smallest absolute Gasteiger partial charge is 0.254 e. The standard InChI is InChI=1S/C23H27FN4O4S/c1-16(2)14-32-15-18-4-6-20(33(26,30)31)12-21(18)23(29)28-9-7-27(8-10-28)19-5-3-17(13-25)22(24)11-19/h3-6,11-12,16H,7-10,14-15H2,1-2H3,(H2,26,30,31). The molecule has 1 aliphatic heterocycles. The zero-order chi connectivity index (χ0) is 24.2. The third kappa shape index (κ3) is 6.07. The number of primary sulfonamides is 1. The van der Waals surface area contributed by atoms with Crippen LogP contribution in [0.5, 0.6) is 0 Å². The average molecular weight is 475 g/mol. The van der Waals surface area contributed by atoms with Gasteiger partial charge in [0.1, 0.15) is 11.9 Å². The molecule has 0 saturated carbocycles. The molecule has 2 aromatic carbocycles.